The van der Waals surface area contributed by atoms with Crippen molar-refractivity contribution in [2.24, 2.45) is 7.05 Å². The Morgan fingerprint density at radius 2 is 2.12 bits per heavy atom. The molecule has 17 heavy (non-hydrogen) atoms. The second kappa shape index (κ2) is 4.45. The lowest BCUT2D eigenvalue weighted by Crippen LogP contribution is -2.04. The van der Waals surface area contributed by atoms with Gasteiger partial charge in [0.2, 0.25) is 0 Å². The second-order valence-electron chi connectivity index (χ2n) is 4.32. The third-order valence-electron chi connectivity index (χ3n) is 3.05. The van der Waals surface area contributed by atoms with Gasteiger partial charge in [-0.25, -0.2) is 0 Å². The van der Waals surface area contributed by atoms with Gasteiger partial charge in [0.1, 0.15) is 0 Å². The summed E-state index contributed by atoms with van der Waals surface area (Å²) in [6.45, 7) is 5.97. The van der Waals surface area contributed by atoms with Gasteiger partial charge in [0, 0.05) is 40.5 Å². The van der Waals surface area contributed by atoms with E-state index in [1.54, 1.807) is 11.3 Å². The zero-order chi connectivity index (χ0) is 12.6. The predicted octanol–water partition coefficient (Wildman–Crippen LogP) is 2.83. The molecule has 0 saturated carbocycles. The van der Waals surface area contributed by atoms with Crippen LogP contribution in [-0.2, 0) is 13.5 Å². The average molecular weight is 248 g/mol. The number of carbonyl (C=O) groups excluding carboxylic acids is 1. The molecule has 0 aliphatic rings. The van der Waals surface area contributed by atoms with Crippen LogP contribution in [0.2, 0.25) is 0 Å². The molecule has 0 bridgehead atoms. The zero-order valence-electron chi connectivity index (χ0n) is 10.6. The lowest BCUT2D eigenvalue weighted by Gasteiger charge is -2.00. The molecule has 4 heteroatoms. The summed E-state index contributed by atoms with van der Waals surface area (Å²) in [7, 11) is 1.91. The molecule has 2 aromatic rings. The van der Waals surface area contributed by atoms with Crippen LogP contribution in [0, 0.1) is 20.8 Å². The maximum atomic E-state index is 12.1. The zero-order valence-corrected chi connectivity index (χ0v) is 11.4. The molecular weight excluding hydrogens is 232 g/mol. The predicted molar refractivity (Wildman–Crippen MR) is 69.8 cm³/mol. The van der Waals surface area contributed by atoms with Crippen LogP contribution in [0.5, 0.6) is 0 Å². The van der Waals surface area contributed by atoms with Crippen molar-refractivity contribution in [3.05, 3.63) is 38.8 Å². The molecule has 2 heterocycles. The van der Waals surface area contributed by atoms with E-state index < -0.39 is 0 Å². The summed E-state index contributed by atoms with van der Waals surface area (Å²) in [5, 5.41) is 6.26. The van der Waals surface area contributed by atoms with Gasteiger partial charge in [-0.1, -0.05) is 0 Å². The maximum Gasteiger partial charge on any atom is 0.168 e. The van der Waals surface area contributed by atoms with Crippen molar-refractivity contribution in [3.63, 3.8) is 0 Å². The van der Waals surface area contributed by atoms with Crippen LogP contribution in [-0.4, -0.2) is 15.6 Å². The van der Waals surface area contributed by atoms with Crippen molar-refractivity contribution >= 4 is 17.1 Å². The van der Waals surface area contributed by atoms with Crippen LogP contribution < -0.4 is 0 Å². The first-order valence-electron chi connectivity index (χ1n) is 5.56. The summed E-state index contributed by atoms with van der Waals surface area (Å²) in [6, 6.07) is 1.95. The Labute approximate surface area is 105 Å². The van der Waals surface area contributed by atoms with E-state index in [1.165, 1.54) is 4.88 Å². The molecule has 0 saturated heterocycles. The van der Waals surface area contributed by atoms with Gasteiger partial charge in [-0.2, -0.15) is 5.10 Å². The molecule has 0 aliphatic carbocycles. The summed E-state index contributed by atoms with van der Waals surface area (Å²) in [4.78, 5) is 13.3. The molecule has 0 fully saturated rings. The van der Waals surface area contributed by atoms with Crippen LogP contribution in [0.1, 0.15) is 32.2 Å². The monoisotopic (exact) mass is 248 g/mol. The van der Waals surface area contributed by atoms with Crippen molar-refractivity contribution < 1.29 is 4.79 Å². The number of aromatic nitrogens is 2. The van der Waals surface area contributed by atoms with Crippen molar-refractivity contribution in [1.29, 1.82) is 0 Å². The number of rotatable bonds is 3. The molecule has 0 radical (unpaired) electrons. The number of ketones is 1. The van der Waals surface area contributed by atoms with E-state index in [-0.39, 0.29) is 5.78 Å². The topological polar surface area (TPSA) is 34.9 Å². The molecule has 0 aliphatic heterocycles. The van der Waals surface area contributed by atoms with Gasteiger partial charge >= 0.3 is 0 Å². The van der Waals surface area contributed by atoms with Crippen molar-refractivity contribution in [3.8, 4) is 0 Å². The number of aryl methyl sites for hydroxylation is 3. The smallest absolute Gasteiger partial charge is 0.168 e. The van der Waals surface area contributed by atoms with E-state index in [2.05, 4.69) is 5.10 Å². The average Bonchev–Trinajstić information content (AvgIpc) is 2.79. The lowest BCUT2D eigenvalue weighted by atomic mass is 10.0. The molecule has 0 N–H and O–H groups in total. The molecule has 0 amide bonds. The standard InChI is InChI=1S/C13H16N2OS/c1-8-5-11(7-17-8)13(16)6-12-9(2)14-15(4)10(12)3/h5,7H,6H2,1-4H3. The summed E-state index contributed by atoms with van der Waals surface area (Å²) in [5.41, 5.74) is 3.89. The number of hydrogen-bond donors (Lipinski definition) is 0. The summed E-state index contributed by atoms with van der Waals surface area (Å²) in [6.07, 6.45) is 0.446. The van der Waals surface area contributed by atoms with Gasteiger partial charge in [0.05, 0.1) is 5.69 Å². The first kappa shape index (κ1) is 12.0. The van der Waals surface area contributed by atoms with Gasteiger partial charge in [-0.05, 0) is 26.8 Å². The van der Waals surface area contributed by atoms with Crippen LogP contribution in [0.25, 0.3) is 0 Å². The number of hydrogen-bond acceptors (Lipinski definition) is 3. The Morgan fingerprint density at radius 3 is 2.59 bits per heavy atom. The number of nitrogens with zero attached hydrogens (tertiary/aromatic N) is 2. The van der Waals surface area contributed by atoms with Crippen LogP contribution >= 0.6 is 11.3 Å². The Kier molecular flexibility index (Phi) is 3.15. The Balaban J connectivity index is 2.24. The fraction of sp³-hybridized carbons (Fsp3) is 0.385. The Bertz CT molecular complexity index is 566. The number of carbonyl (C=O) groups is 1. The number of thiophene rings is 1. The van der Waals surface area contributed by atoms with E-state index in [0.717, 1.165) is 22.5 Å². The first-order chi connectivity index (χ1) is 7.99. The normalized spacial score (nSPS) is 10.8. The highest BCUT2D eigenvalue weighted by molar-refractivity contribution is 7.10. The molecule has 0 unspecified atom stereocenters. The van der Waals surface area contributed by atoms with Crippen LogP contribution in [0.3, 0.4) is 0 Å². The molecule has 90 valence electrons. The molecule has 3 nitrogen and oxygen atoms in total. The van der Waals surface area contributed by atoms with E-state index >= 15 is 0 Å². The highest BCUT2D eigenvalue weighted by Gasteiger charge is 2.15. The Morgan fingerprint density at radius 1 is 1.41 bits per heavy atom. The van der Waals surface area contributed by atoms with Gasteiger partial charge < -0.3 is 0 Å². The highest BCUT2D eigenvalue weighted by atomic mass is 32.1. The highest BCUT2D eigenvalue weighted by Crippen LogP contribution is 2.18. The quantitative estimate of drug-likeness (QED) is 0.783. The minimum atomic E-state index is 0.175. The second-order valence-corrected chi connectivity index (χ2v) is 5.43. The van der Waals surface area contributed by atoms with Gasteiger partial charge in [0.15, 0.2) is 5.78 Å². The van der Waals surface area contributed by atoms with E-state index in [4.69, 9.17) is 0 Å². The molecule has 0 spiro atoms. The van der Waals surface area contributed by atoms with Crippen molar-refractivity contribution in [2.75, 3.05) is 0 Å². The minimum absolute atomic E-state index is 0.175. The van der Waals surface area contributed by atoms with Crippen molar-refractivity contribution in [2.45, 2.75) is 27.2 Å². The van der Waals surface area contributed by atoms with E-state index in [0.29, 0.717) is 6.42 Å². The van der Waals surface area contributed by atoms with Crippen LogP contribution in [0.15, 0.2) is 11.4 Å². The third-order valence-corrected chi connectivity index (χ3v) is 3.91. The molecule has 2 rings (SSSR count). The summed E-state index contributed by atoms with van der Waals surface area (Å²) >= 11 is 1.62. The summed E-state index contributed by atoms with van der Waals surface area (Å²) in [5.74, 6) is 0.175. The number of Topliss-reactive ketones (excluding diaryl/α,β-unsaturated/α-hetero) is 1. The minimum Gasteiger partial charge on any atom is -0.294 e. The van der Waals surface area contributed by atoms with Crippen molar-refractivity contribution in [1.82, 2.24) is 9.78 Å². The maximum absolute atomic E-state index is 12.1. The first-order valence-corrected chi connectivity index (χ1v) is 6.44. The van der Waals surface area contributed by atoms with Gasteiger partial charge in [0.25, 0.3) is 0 Å². The molecule has 2 aromatic heterocycles. The lowest BCUT2D eigenvalue weighted by molar-refractivity contribution is 0.0993. The molecule has 0 aromatic carbocycles. The Hall–Kier alpha value is -1.42. The van der Waals surface area contributed by atoms with Gasteiger partial charge in [-0.3, -0.25) is 9.48 Å². The molecular formula is C13H16N2OS. The SMILES string of the molecule is Cc1cc(C(=O)Cc2c(C)nn(C)c2C)cs1. The fourth-order valence-electron chi connectivity index (χ4n) is 1.93. The van der Waals surface area contributed by atoms with Crippen LogP contribution in [0.4, 0.5) is 0 Å². The molecule has 0 atom stereocenters. The van der Waals surface area contributed by atoms with Gasteiger partial charge in [-0.15, -0.1) is 11.3 Å². The van der Waals surface area contributed by atoms with E-state index in [1.807, 2.05) is 43.9 Å². The third kappa shape index (κ3) is 2.31. The van der Waals surface area contributed by atoms with E-state index in [9.17, 15) is 4.79 Å². The summed E-state index contributed by atoms with van der Waals surface area (Å²) < 4.78 is 1.83. The largest absolute Gasteiger partial charge is 0.294 e. The fourth-order valence-corrected chi connectivity index (χ4v) is 2.63.